The summed E-state index contributed by atoms with van der Waals surface area (Å²) in [5.74, 6) is 1.01. The summed E-state index contributed by atoms with van der Waals surface area (Å²) >= 11 is 0. The highest BCUT2D eigenvalue weighted by molar-refractivity contribution is 5.27. The van der Waals surface area contributed by atoms with E-state index in [2.05, 4.69) is 50.3 Å². The van der Waals surface area contributed by atoms with Gasteiger partial charge in [0.2, 0.25) is 0 Å². The van der Waals surface area contributed by atoms with Crippen LogP contribution in [0.1, 0.15) is 57.9 Å². The molecule has 106 valence electrons. The third kappa shape index (κ3) is 7.71. The van der Waals surface area contributed by atoms with Crippen molar-refractivity contribution in [1.29, 1.82) is 0 Å². The topological polar surface area (TPSA) is 9.23 Å². The van der Waals surface area contributed by atoms with Gasteiger partial charge in [0.25, 0.3) is 0 Å². The Kier molecular flexibility index (Phi) is 8.87. The highest BCUT2D eigenvalue weighted by Crippen LogP contribution is 2.14. The van der Waals surface area contributed by atoms with Crippen LogP contribution in [0.5, 0.6) is 5.75 Å². The Morgan fingerprint density at radius 3 is 2.47 bits per heavy atom. The molecule has 0 heterocycles. The molecule has 1 aromatic rings. The molecule has 1 nitrogen and oxygen atoms in total. The molecule has 0 saturated carbocycles. The molecule has 0 aromatic heterocycles. The zero-order valence-electron chi connectivity index (χ0n) is 12.5. The number of hydrogen-bond donors (Lipinski definition) is 0. The van der Waals surface area contributed by atoms with Crippen molar-refractivity contribution in [3.63, 3.8) is 0 Å². The first-order valence-electron chi connectivity index (χ1n) is 7.69. The quantitative estimate of drug-likeness (QED) is 0.396. The summed E-state index contributed by atoms with van der Waals surface area (Å²) in [5, 5.41) is 0. The van der Waals surface area contributed by atoms with Gasteiger partial charge in [-0.2, -0.15) is 0 Å². The lowest BCUT2D eigenvalue weighted by Crippen LogP contribution is -1.97. The van der Waals surface area contributed by atoms with E-state index in [9.17, 15) is 0 Å². The summed E-state index contributed by atoms with van der Waals surface area (Å²) < 4.78 is 5.74. The van der Waals surface area contributed by atoms with Crippen LogP contribution >= 0.6 is 0 Å². The van der Waals surface area contributed by atoms with Gasteiger partial charge in [-0.3, -0.25) is 0 Å². The van der Waals surface area contributed by atoms with Crippen LogP contribution in [0.4, 0.5) is 0 Å². The van der Waals surface area contributed by atoms with Gasteiger partial charge in [0, 0.05) is 0 Å². The van der Waals surface area contributed by atoms with Crippen molar-refractivity contribution in [3.05, 3.63) is 42.0 Å². The van der Waals surface area contributed by atoms with Crippen molar-refractivity contribution in [3.8, 4) is 5.75 Å². The normalized spacial score (nSPS) is 11.1. The Balaban J connectivity index is 2.19. The first-order chi connectivity index (χ1) is 9.36. The minimum absolute atomic E-state index is 0.848. The monoisotopic (exact) mass is 260 g/mol. The van der Waals surface area contributed by atoms with E-state index < -0.39 is 0 Å². The fourth-order valence-corrected chi connectivity index (χ4v) is 2.06. The zero-order valence-corrected chi connectivity index (χ0v) is 12.5. The molecule has 0 unspecified atom stereocenters. The molecule has 0 atom stereocenters. The smallest absolute Gasteiger partial charge is 0.119 e. The van der Waals surface area contributed by atoms with Crippen LogP contribution in [0.25, 0.3) is 0 Å². The number of rotatable bonds is 10. The van der Waals surface area contributed by atoms with Gasteiger partial charge >= 0.3 is 0 Å². The van der Waals surface area contributed by atoms with Crippen molar-refractivity contribution < 1.29 is 4.74 Å². The van der Waals surface area contributed by atoms with Crippen molar-refractivity contribution in [2.45, 2.75) is 58.8 Å². The summed E-state index contributed by atoms with van der Waals surface area (Å²) in [4.78, 5) is 0. The van der Waals surface area contributed by atoms with E-state index in [1.165, 1.54) is 44.1 Å². The second-order valence-electron chi connectivity index (χ2n) is 5.01. The van der Waals surface area contributed by atoms with E-state index in [4.69, 9.17) is 4.74 Å². The summed E-state index contributed by atoms with van der Waals surface area (Å²) in [6.07, 6.45) is 12.9. The molecular weight excluding hydrogens is 232 g/mol. The van der Waals surface area contributed by atoms with Crippen molar-refractivity contribution in [2.75, 3.05) is 6.61 Å². The van der Waals surface area contributed by atoms with Gasteiger partial charge in [-0.1, -0.05) is 50.5 Å². The van der Waals surface area contributed by atoms with E-state index in [1.807, 2.05) is 0 Å². The van der Waals surface area contributed by atoms with Gasteiger partial charge in [-0.15, -0.1) is 0 Å². The molecule has 1 aromatic carbocycles. The second kappa shape index (κ2) is 10.7. The zero-order chi connectivity index (χ0) is 13.8. The number of unbranched alkanes of at least 4 members (excludes halogenated alkanes) is 4. The highest BCUT2D eigenvalue weighted by Gasteiger charge is 1.96. The average Bonchev–Trinajstić information content (AvgIpc) is 2.45. The molecule has 0 aliphatic carbocycles. The molecule has 0 N–H and O–H groups in total. The molecule has 0 bridgehead atoms. The SMILES string of the molecule is CC=CCCCc1ccc(OCCCCCC)cc1. The van der Waals surface area contributed by atoms with Gasteiger partial charge in [0.05, 0.1) is 6.61 Å². The lowest BCUT2D eigenvalue weighted by molar-refractivity contribution is 0.305. The van der Waals surface area contributed by atoms with Crippen LogP contribution in [-0.2, 0) is 6.42 Å². The maximum atomic E-state index is 5.74. The number of ether oxygens (including phenoxy) is 1. The fraction of sp³-hybridized carbons (Fsp3) is 0.556. The predicted molar refractivity (Wildman–Crippen MR) is 83.8 cm³/mol. The fourth-order valence-electron chi connectivity index (χ4n) is 2.06. The van der Waals surface area contributed by atoms with E-state index in [1.54, 1.807) is 0 Å². The Morgan fingerprint density at radius 1 is 1.00 bits per heavy atom. The van der Waals surface area contributed by atoms with E-state index in [-0.39, 0.29) is 0 Å². The molecule has 0 aliphatic heterocycles. The van der Waals surface area contributed by atoms with Crippen LogP contribution in [0.15, 0.2) is 36.4 Å². The van der Waals surface area contributed by atoms with Crippen LogP contribution in [0.2, 0.25) is 0 Å². The van der Waals surface area contributed by atoms with Crippen LogP contribution in [-0.4, -0.2) is 6.61 Å². The van der Waals surface area contributed by atoms with Gasteiger partial charge in [-0.25, -0.2) is 0 Å². The first-order valence-corrected chi connectivity index (χ1v) is 7.69. The maximum Gasteiger partial charge on any atom is 0.119 e. The lowest BCUT2D eigenvalue weighted by Gasteiger charge is -2.07. The van der Waals surface area contributed by atoms with Gasteiger partial charge in [-0.05, 0) is 50.3 Å². The first kappa shape index (κ1) is 15.8. The summed E-state index contributed by atoms with van der Waals surface area (Å²) in [6.45, 7) is 5.16. The van der Waals surface area contributed by atoms with Crippen molar-refractivity contribution in [1.82, 2.24) is 0 Å². The molecule has 0 saturated heterocycles. The minimum Gasteiger partial charge on any atom is -0.494 e. The number of hydrogen-bond acceptors (Lipinski definition) is 1. The Labute approximate surface area is 118 Å². The van der Waals surface area contributed by atoms with E-state index in [0.29, 0.717) is 0 Å². The molecule has 19 heavy (non-hydrogen) atoms. The van der Waals surface area contributed by atoms with Gasteiger partial charge in [0.1, 0.15) is 5.75 Å². The second-order valence-corrected chi connectivity index (χ2v) is 5.01. The van der Waals surface area contributed by atoms with Crippen LogP contribution in [0, 0.1) is 0 Å². The summed E-state index contributed by atoms with van der Waals surface area (Å²) in [5.41, 5.74) is 1.41. The molecule has 0 fully saturated rings. The number of aryl methyl sites for hydroxylation is 1. The molecule has 0 amide bonds. The minimum atomic E-state index is 0.848. The number of allylic oxidation sites excluding steroid dienone is 2. The van der Waals surface area contributed by atoms with Crippen LogP contribution < -0.4 is 4.74 Å². The van der Waals surface area contributed by atoms with Crippen molar-refractivity contribution in [2.24, 2.45) is 0 Å². The molecular formula is C18H28O. The molecule has 1 rings (SSSR count). The average molecular weight is 260 g/mol. The van der Waals surface area contributed by atoms with Gasteiger partial charge < -0.3 is 4.74 Å². The third-order valence-electron chi connectivity index (χ3n) is 3.26. The Morgan fingerprint density at radius 2 is 1.79 bits per heavy atom. The largest absolute Gasteiger partial charge is 0.494 e. The summed E-state index contributed by atoms with van der Waals surface area (Å²) in [7, 11) is 0. The van der Waals surface area contributed by atoms with E-state index in [0.717, 1.165) is 18.8 Å². The van der Waals surface area contributed by atoms with Crippen LogP contribution in [0.3, 0.4) is 0 Å². The standard InChI is InChI=1S/C18H28O/c1-3-5-7-9-11-17-12-14-18(15-13-17)19-16-10-8-6-4-2/h3,5,12-15H,4,6-11,16H2,1-2H3. The van der Waals surface area contributed by atoms with Crippen molar-refractivity contribution >= 4 is 0 Å². The predicted octanol–water partition coefficient (Wildman–Crippen LogP) is 5.54. The molecule has 1 heteroatoms. The highest BCUT2D eigenvalue weighted by atomic mass is 16.5. The molecule has 0 radical (unpaired) electrons. The van der Waals surface area contributed by atoms with E-state index >= 15 is 0 Å². The molecule has 0 spiro atoms. The summed E-state index contributed by atoms with van der Waals surface area (Å²) in [6, 6.07) is 8.59. The third-order valence-corrected chi connectivity index (χ3v) is 3.26. The number of benzene rings is 1. The maximum absolute atomic E-state index is 5.74. The van der Waals surface area contributed by atoms with Gasteiger partial charge in [0.15, 0.2) is 0 Å². The Hall–Kier alpha value is -1.24. The Bertz CT molecular complexity index is 337. The molecule has 0 aliphatic rings. The lowest BCUT2D eigenvalue weighted by atomic mass is 10.1.